The van der Waals surface area contributed by atoms with E-state index in [4.69, 9.17) is 4.74 Å². The molecule has 8 heteroatoms. The summed E-state index contributed by atoms with van der Waals surface area (Å²) < 4.78 is 7.15. The molecule has 0 spiro atoms. The number of nitrogens with zero attached hydrogens (tertiary/aromatic N) is 3. The highest BCUT2D eigenvalue weighted by Crippen LogP contribution is 2.18. The van der Waals surface area contributed by atoms with Crippen LogP contribution in [0, 0.1) is 6.92 Å². The minimum Gasteiger partial charge on any atom is -0.491 e. The van der Waals surface area contributed by atoms with Crippen LogP contribution < -0.4 is 10.1 Å². The Morgan fingerprint density at radius 1 is 1.26 bits per heavy atom. The number of ether oxygens (including phenoxy) is 1. The van der Waals surface area contributed by atoms with Gasteiger partial charge in [0.25, 0.3) is 5.91 Å². The average molecular weight is 374 g/mol. The van der Waals surface area contributed by atoms with E-state index in [1.54, 1.807) is 6.92 Å². The second-order valence-electron chi connectivity index (χ2n) is 6.60. The van der Waals surface area contributed by atoms with Crippen LogP contribution in [-0.4, -0.2) is 44.1 Å². The highest BCUT2D eigenvalue weighted by Gasteiger charge is 2.24. The summed E-state index contributed by atoms with van der Waals surface area (Å²) >= 11 is 0. The van der Waals surface area contributed by atoms with Gasteiger partial charge in [-0.15, -0.1) is 5.10 Å². The molecule has 1 amide bonds. The topological polar surface area (TPSA) is 106 Å². The summed E-state index contributed by atoms with van der Waals surface area (Å²) in [5, 5.41) is 19.8. The molecule has 0 unspecified atom stereocenters. The molecule has 27 heavy (non-hydrogen) atoms. The third kappa shape index (κ3) is 5.29. The molecule has 8 nitrogen and oxygen atoms in total. The monoisotopic (exact) mass is 374 g/mol. The lowest BCUT2D eigenvalue weighted by Gasteiger charge is -2.13. The zero-order valence-electron chi connectivity index (χ0n) is 16.1. The maximum Gasteiger partial charge on any atom is 0.326 e. The summed E-state index contributed by atoms with van der Waals surface area (Å²) in [6, 6.07) is 6.35. The van der Waals surface area contributed by atoms with E-state index in [1.165, 1.54) is 4.68 Å². The van der Waals surface area contributed by atoms with E-state index in [0.29, 0.717) is 18.5 Å². The number of aromatic nitrogens is 3. The van der Waals surface area contributed by atoms with Gasteiger partial charge in [0.15, 0.2) is 5.69 Å². The van der Waals surface area contributed by atoms with Crippen LogP contribution in [0.15, 0.2) is 24.3 Å². The number of benzene rings is 1. The van der Waals surface area contributed by atoms with Crippen molar-refractivity contribution in [2.45, 2.75) is 59.1 Å². The van der Waals surface area contributed by atoms with Gasteiger partial charge in [-0.1, -0.05) is 25.0 Å². The second kappa shape index (κ2) is 9.16. The lowest BCUT2D eigenvalue weighted by Crippen LogP contribution is -2.41. The number of carbonyl (C=O) groups excluding carboxylic acids is 1. The van der Waals surface area contributed by atoms with Crippen molar-refractivity contribution in [2.24, 2.45) is 0 Å². The first-order valence-corrected chi connectivity index (χ1v) is 9.06. The predicted octanol–water partition coefficient (Wildman–Crippen LogP) is 2.74. The maximum absolute atomic E-state index is 12.5. The van der Waals surface area contributed by atoms with Crippen LogP contribution in [0.2, 0.25) is 0 Å². The van der Waals surface area contributed by atoms with Gasteiger partial charge in [-0.05, 0) is 51.5 Å². The van der Waals surface area contributed by atoms with Gasteiger partial charge < -0.3 is 15.2 Å². The quantitative estimate of drug-likeness (QED) is 0.699. The van der Waals surface area contributed by atoms with Gasteiger partial charge in [-0.2, -0.15) is 0 Å². The number of nitrogens with one attached hydrogen (secondary N) is 1. The highest BCUT2D eigenvalue weighted by atomic mass is 16.5. The van der Waals surface area contributed by atoms with Crippen molar-refractivity contribution in [1.82, 2.24) is 20.3 Å². The highest BCUT2D eigenvalue weighted by molar-refractivity contribution is 5.95. The van der Waals surface area contributed by atoms with Gasteiger partial charge in [-0.3, -0.25) is 4.79 Å². The third-order valence-corrected chi connectivity index (χ3v) is 4.01. The Hall–Kier alpha value is -2.90. The van der Waals surface area contributed by atoms with E-state index < -0.39 is 17.9 Å². The fourth-order valence-electron chi connectivity index (χ4n) is 2.61. The van der Waals surface area contributed by atoms with Crippen LogP contribution in [-0.2, 0) is 4.79 Å². The Morgan fingerprint density at radius 3 is 2.48 bits per heavy atom. The Balaban J connectivity index is 2.16. The number of unbranched alkanes of at least 4 members (excludes halogenated alkanes) is 1. The number of amides is 1. The van der Waals surface area contributed by atoms with Crippen LogP contribution in [0.5, 0.6) is 5.75 Å². The van der Waals surface area contributed by atoms with Crippen LogP contribution in [0.25, 0.3) is 5.69 Å². The second-order valence-corrected chi connectivity index (χ2v) is 6.60. The van der Waals surface area contributed by atoms with Crippen LogP contribution in [0.4, 0.5) is 0 Å². The number of hydrogen-bond acceptors (Lipinski definition) is 5. The summed E-state index contributed by atoms with van der Waals surface area (Å²) in [6.45, 7) is 7.58. The van der Waals surface area contributed by atoms with Crippen molar-refractivity contribution < 1.29 is 19.4 Å². The van der Waals surface area contributed by atoms with Gasteiger partial charge >= 0.3 is 5.97 Å². The van der Waals surface area contributed by atoms with Gasteiger partial charge in [0.1, 0.15) is 11.8 Å². The zero-order valence-corrected chi connectivity index (χ0v) is 16.1. The number of hydrogen-bond donors (Lipinski definition) is 2. The molecule has 2 rings (SSSR count). The molecule has 0 aliphatic carbocycles. The van der Waals surface area contributed by atoms with Crippen LogP contribution in [0.1, 0.15) is 56.2 Å². The summed E-state index contributed by atoms with van der Waals surface area (Å²) in [7, 11) is 0. The van der Waals surface area contributed by atoms with E-state index in [0.717, 1.165) is 17.9 Å². The van der Waals surface area contributed by atoms with E-state index in [1.807, 2.05) is 45.0 Å². The molecule has 1 aromatic carbocycles. The number of carbonyl (C=O) groups is 2. The van der Waals surface area contributed by atoms with E-state index in [9.17, 15) is 14.7 Å². The van der Waals surface area contributed by atoms with E-state index in [2.05, 4.69) is 15.6 Å². The van der Waals surface area contributed by atoms with Gasteiger partial charge in [0.05, 0.1) is 17.5 Å². The van der Waals surface area contributed by atoms with Crippen LogP contribution in [0.3, 0.4) is 0 Å². The first-order chi connectivity index (χ1) is 12.8. The summed E-state index contributed by atoms with van der Waals surface area (Å²) in [6.07, 6.45) is 2.02. The Kier molecular flexibility index (Phi) is 6.92. The summed E-state index contributed by atoms with van der Waals surface area (Å²) in [5.74, 6) is -0.852. The standard InChI is InChI=1S/C19H26N4O4/c1-5-6-7-16(19(25)26)20-18(24)17-13(4)23(22-21-17)14-8-10-15(11-9-14)27-12(2)3/h8-12,16H,5-7H2,1-4H3,(H,20,24)(H,25,26)/t16-/m0/s1. The number of rotatable bonds is 9. The summed E-state index contributed by atoms with van der Waals surface area (Å²) in [4.78, 5) is 23.8. The molecule has 0 fully saturated rings. The van der Waals surface area contributed by atoms with Crippen LogP contribution >= 0.6 is 0 Å². The lowest BCUT2D eigenvalue weighted by atomic mass is 10.1. The third-order valence-electron chi connectivity index (χ3n) is 4.01. The Labute approximate surface area is 158 Å². The molecule has 0 saturated heterocycles. The molecule has 1 heterocycles. The molecule has 0 radical (unpaired) electrons. The molecule has 0 saturated carbocycles. The average Bonchev–Trinajstić information content (AvgIpc) is 3.00. The van der Waals surface area contributed by atoms with Crippen molar-refractivity contribution in [2.75, 3.05) is 0 Å². The van der Waals surface area contributed by atoms with Crippen molar-refractivity contribution in [1.29, 1.82) is 0 Å². The minimum atomic E-state index is -1.05. The number of aliphatic carboxylic acids is 1. The molecular weight excluding hydrogens is 348 g/mol. The fourth-order valence-corrected chi connectivity index (χ4v) is 2.61. The first-order valence-electron chi connectivity index (χ1n) is 9.06. The Bertz CT molecular complexity index is 784. The van der Waals surface area contributed by atoms with Crippen molar-refractivity contribution in [3.05, 3.63) is 35.7 Å². The largest absolute Gasteiger partial charge is 0.491 e. The fraction of sp³-hybridized carbons (Fsp3) is 0.474. The van der Waals surface area contributed by atoms with Gasteiger partial charge in [0, 0.05) is 0 Å². The summed E-state index contributed by atoms with van der Waals surface area (Å²) in [5.41, 5.74) is 1.38. The Morgan fingerprint density at radius 2 is 1.93 bits per heavy atom. The molecular formula is C19H26N4O4. The zero-order chi connectivity index (χ0) is 20.0. The van der Waals surface area contributed by atoms with Gasteiger partial charge in [-0.25, -0.2) is 9.48 Å². The van der Waals surface area contributed by atoms with E-state index >= 15 is 0 Å². The minimum absolute atomic E-state index is 0.0779. The lowest BCUT2D eigenvalue weighted by molar-refractivity contribution is -0.139. The SMILES string of the molecule is CCCC[C@H](NC(=O)c1nnn(-c2ccc(OC(C)C)cc2)c1C)C(=O)O. The first kappa shape index (κ1) is 20.4. The molecule has 0 aliphatic heterocycles. The van der Waals surface area contributed by atoms with E-state index in [-0.39, 0.29) is 11.8 Å². The maximum atomic E-state index is 12.5. The normalized spacial score (nSPS) is 12.0. The smallest absolute Gasteiger partial charge is 0.326 e. The van der Waals surface area contributed by atoms with Crippen molar-refractivity contribution in [3.63, 3.8) is 0 Å². The molecule has 1 atom stereocenters. The molecule has 146 valence electrons. The number of carboxylic acid groups (broad SMARTS) is 1. The molecule has 0 bridgehead atoms. The van der Waals surface area contributed by atoms with Crippen molar-refractivity contribution in [3.8, 4) is 11.4 Å². The molecule has 0 aliphatic rings. The molecule has 1 aromatic heterocycles. The number of carboxylic acids is 1. The predicted molar refractivity (Wildman–Crippen MR) is 100 cm³/mol. The molecule has 2 N–H and O–H groups in total. The van der Waals surface area contributed by atoms with Crippen molar-refractivity contribution >= 4 is 11.9 Å². The van der Waals surface area contributed by atoms with Gasteiger partial charge in [0.2, 0.25) is 0 Å². The molecule has 2 aromatic rings.